The minimum atomic E-state index is -1.36. The second-order valence-electron chi connectivity index (χ2n) is 1.60. The third kappa shape index (κ3) is 2.65. The van der Waals surface area contributed by atoms with Crippen LogP contribution in [0.25, 0.3) is 0 Å². The maximum absolute atomic E-state index is 12.1. The smallest absolute Gasteiger partial charge is 0.326 e. The predicted octanol–water partition coefficient (Wildman–Crippen LogP) is 1.12. The lowest BCUT2D eigenvalue weighted by molar-refractivity contribution is -0.141. The summed E-state index contributed by atoms with van der Waals surface area (Å²) in [4.78, 5) is 10.4. The Kier molecular flexibility index (Phi) is 3.54. The van der Waals surface area contributed by atoms with Crippen molar-refractivity contribution in [1.82, 2.24) is 0 Å². The highest BCUT2D eigenvalue weighted by atomic mass is 35.5. The zero-order valence-corrected chi connectivity index (χ0v) is 5.98. The number of hydrogen-bond donors (Lipinski definition) is 0. The molecule has 2 nitrogen and oxygen atoms in total. The number of hydrogen-bond acceptors (Lipinski definition) is 2. The van der Waals surface area contributed by atoms with E-state index in [-0.39, 0.29) is 0 Å². The Hall–Kier alpha value is -0.310. The average Bonchev–Trinajstić information content (AvgIpc) is 1.84. The molecule has 4 heteroatoms. The third-order valence-corrected chi connectivity index (χ3v) is 1.36. The fourth-order valence-electron chi connectivity index (χ4n) is 0.300. The van der Waals surface area contributed by atoms with Crippen LogP contribution < -0.4 is 0 Å². The average molecular weight is 155 g/mol. The van der Waals surface area contributed by atoms with Gasteiger partial charge in [0.1, 0.15) is 6.17 Å². The highest BCUT2D eigenvalue weighted by molar-refractivity contribution is 6.30. The van der Waals surface area contributed by atoms with Crippen LogP contribution in [0.4, 0.5) is 4.39 Å². The first kappa shape index (κ1) is 8.69. The molecule has 0 unspecified atom stereocenters. The van der Waals surface area contributed by atoms with Gasteiger partial charge in [-0.3, -0.25) is 4.79 Å². The number of alkyl halides is 2. The number of esters is 1. The van der Waals surface area contributed by atoms with E-state index in [0.717, 1.165) is 0 Å². The van der Waals surface area contributed by atoms with Gasteiger partial charge in [-0.15, -0.1) is 11.6 Å². The fraction of sp³-hybridized carbons (Fsp3) is 0.800. The standard InChI is InChI=1S/C5H8ClFO2/c1-3(7)4(6)5(8)9-2/h3-4H,1-2H3/t3-,4+/m1/s1. The van der Waals surface area contributed by atoms with Crippen molar-refractivity contribution in [2.45, 2.75) is 18.5 Å². The van der Waals surface area contributed by atoms with Crippen molar-refractivity contribution in [3.05, 3.63) is 0 Å². The first-order valence-corrected chi connectivity index (χ1v) is 2.89. The number of rotatable bonds is 2. The van der Waals surface area contributed by atoms with E-state index in [2.05, 4.69) is 4.74 Å². The van der Waals surface area contributed by atoms with Crippen LogP contribution in [0.2, 0.25) is 0 Å². The zero-order chi connectivity index (χ0) is 7.44. The minimum Gasteiger partial charge on any atom is -0.468 e. The monoisotopic (exact) mass is 154 g/mol. The van der Waals surface area contributed by atoms with E-state index in [9.17, 15) is 9.18 Å². The van der Waals surface area contributed by atoms with Gasteiger partial charge in [-0.1, -0.05) is 0 Å². The van der Waals surface area contributed by atoms with Crippen LogP contribution in [0, 0.1) is 0 Å². The number of ether oxygens (including phenoxy) is 1. The van der Waals surface area contributed by atoms with Crippen LogP contribution in [0.1, 0.15) is 6.92 Å². The molecule has 9 heavy (non-hydrogen) atoms. The van der Waals surface area contributed by atoms with Crippen LogP contribution in [0.15, 0.2) is 0 Å². The topological polar surface area (TPSA) is 26.3 Å². The van der Waals surface area contributed by atoms with Gasteiger partial charge in [-0.05, 0) is 6.92 Å². The van der Waals surface area contributed by atoms with Crippen LogP contribution in [-0.2, 0) is 9.53 Å². The number of carbonyl (C=O) groups excluding carboxylic acids is 1. The summed E-state index contributed by atoms with van der Waals surface area (Å²) in [5, 5.41) is -1.17. The van der Waals surface area contributed by atoms with Crippen molar-refractivity contribution in [2.24, 2.45) is 0 Å². The highest BCUT2D eigenvalue weighted by Crippen LogP contribution is 2.07. The molecule has 0 aromatic heterocycles. The molecular weight excluding hydrogens is 147 g/mol. The summed E-state index contributed by atoms with van der Waals surface area (Å²) in [6.07, 6.45) is -1.36. The first-order valence-electron chi connectivity index (χ1n) is 2.45. The molecule has 0 aliphatic rings. The molecule has 0 aromatic carbocycles. The largest absolute Gasteiger partial charge is 0.468 e. The van der Waals surface area contributed by atoms with Gasteiger partial charge >= 0.3 is 5.97 Å². The summed E-state index contributed by atoms with van der Waals surface area (Å²) in [5.74, 6) is -0.730. The van der Waals surface area contributed by atoms with Crippen LogP contribution in [-0.4, -0.2) is 24.6 Å². The molecule has 0 spiro atoms. The maximum Gasteiger partial charge on any atom is 0.326 e. The van der Waals surface area contributed by atoms with Gasteiger partial charge in [0.2, 0.25) is 0 Å². The molecule has 2 atom stereocenters. The Labute approximate surface area is 57.9 Å². The van der Waals surface area contributed by atoms with Gasteiger partial charge < -0.3 is 4.74 Å². The van der Waals surface area contributed by atoms with E-state index in [1.165, 1.54) is 14.0 Å². The van der Waals surface area contributed by atoms with Gasteiger partial charge in [-0.25, -0.2) is 4.39 Å². The summed E-state index contributed by atoms with van der Waals surface area (Å²) in [5.41, 5.74) is 0. The Morgan fingerprint density at radius 2 is 2.22 bits per heavy atom. The van der Waals surface area contributed by atoms with Gasteiger partial charge in [0.05, 0.1) is 7.11 Å². The quantitative estimate of drug-likeness (QED) is 0.440. The fourth-order valence-corrected chi connectivity index (χ4v) is 0.389. The van der Waals surface area contributed by atoms with Crippen molar-refractivity contribution in [1.29, 1.82) is 0 Å². The molecule has 0 aliphatic heterocycles. The molecule has 0 N–H and O–H groups in total. The van der Waals surface area contributed by atoms with E-state index in [1.807, 2.05) is 0 Å². The Morgan fingerprint density at radius 3 is 2.33 bits per heavy atom. The molecule has 0 saturated heterocycles. The molecule has 0 aliphatic carbocycles. The molecule has 0 rings (SSSR count). The second kappa shape index (κ2) is 3.67. The number of halogens is 2. The molecule has 0 fully saturated rings. The van der Waals surface area contributed by atoms with Crippen LogP contribution in [0.3, 0.4) is 0 Å². The van der Waals surface area contributed by atoms with Crippen molar-refractivity contribution >= 4 is 17.6 Å². The summed E-state index contributed by atoms with van der Waals surface area (Å²) in [7, 11) is 1.17. The lowest BCUT2D eigenvalue weighted by Gasteiger charge is -2.06. The lowest BCUT2D eigenvalue weighted by Crippen LogP contribution is -2.24. The van der Waals surface area contributed by atoms with Crippen molar-refractivity contribution in [3.8, 4) is 0 Å². The van der Waals surface area contributed by atoms with Crippen molar-refractivity contribution in [3.63, 3.8) is 0 Å². The number of methoxy groups -OCH3 is 1. The van der Waals surface area contributed by atoms with Gasteiger partial charge in [0.15, 0.2) is 5.38 Å². The lowest BCUT2D eigenvalue weighted by atomic mass is 10.3. The normalized spacial score (nSPS) is 16.4. The SMILES string of the molecule is COC(=O)[C@@H](Cl)[C@@H](C)F. The summed E-state index contributed by atoms with van der Waals surface area (Å²) in [6.45, 7) is 1.20. The summed E-state index contributed by atoms with van der Waals surface area (Å²) in [6, 6.07) is 0. The summed E-state index contributed by atoms with van der Waals surface area (Å²) >= 11 is 5.22. The summed E-state index contributed by atoms with van der Waals surface area (Å²) < 4.78 is 16.3. The minimum absolute atomic E-state index is 0.730. The Balaban J connectivity index is 3.72. The third-order valence-electron chi connectivity index (χ3n) is 0.830. The maximum atomic E-state index is 12.1. The molecule has 0 aromatic rings. The predicted molar refractivity (Wildman–Crippen MR) is 32.2 cm³/mol. The molecule has 0 heterocycles. The van der Waals surface area contributed by atoms with E-state index in [0.29, 0.717) is 0 Å². The van der Waals surface area contributed by atoms with E-state index >= 15 is 0 Å². The van der Waals surface area contributed by atoms with Crippen molar-refractivity contribution in [2.75, 3.05) is 7.11 Å². The van der Waals surface area contributed by atoms with Gasteiger partial charge in [0, 0.05) is 0 Å². The Bertz CT molecular complexity index is 105. The number of carbonyl (C=O) groups is 1. The molecular formula is C5H8ClFO2. The van der Waals surface area contributed by atoms with Crippen molar-refractivity contribution < 1.29 is 13.9 Å². The molecule has 0 radical (unpaired) electrons. The molecule has 54 valence electrons. The van der Waals surface area contributed by atoms with E-state index in [4.69, 9.17) is 11.6 Å². The van der Waals surface area contributed by atoms with Crippen LogP contribution >= 0.6 is 11.6 Å². The highest BCUT2D eigenvalue weighted by Gasteiger charge is 2.22. The van der Waals surface area contributed by atoms with E-state index < -0.39 is 17.5 Å². The van der Waals surface area contributed by atoms with Gasteiger partial charge in [0.25, 0.3) is 0 Å². The van der Waals surface area contributed by atoms with Gasteiger partial charge in [-0.2, -0.15) is 0 Å². The molecule has 0 saturated carbocycles. The molecule has 0 bridgehead atoms. The zero-order valence-electron chi connectivity index (χ0n) is 5.23. The first-order chi connectivity index (χ1) is 4.09. The van der Waals surface area contributed by atoms with E-state index in [1.54, 1.807) is 0 Å². The van der Waals surface area contributed by atoms with Crippen LogP contribution in [0.5, 0.6) is 0 Å². The Morgan fingerprint density at radius 1 is 1.78 bits per heavy atom. The second-order valence-corrected chi connectivity index (χ2v) is 2.07. The molecule has 0 amide bonds.